The summed E-state index contributed by atoms with van der Waals surface area (Å²) < 4.78 is 0.875. The summed E-state index contributed by atoms with van der Waals surface area (Å²) in [5, 5.41) is 4.13. The standard InChI is InChI=1S/C16H12N2O2S/c1-10(19)18-16-14(12-7-8-17-9-13(12)21-16)15(20)11-5-3-2-4-6-11/h2-9H,1H3,(H,18,19). The lowest BCUT2D eigenvalue weighted by Gasteiger charge is -2.04. The van der Waals surface area contributed by atoms with E-state index in [1.54, 1.807) is 30.6 Å². The van der Waals surface area contributed by atoms with Gasteiger partial charge in [-0.05, 0) is 6.07 Å². The Morgan fingerprint density at radius 1 is 1.14 bits per heavy atom. The molecule has 1 amide bonds. The Hall–Kier alpha value is -2.53. The van der Waals surface area contributed by atoms with Crippen LogP contribution in [0.4, 0.5) is 5.00 Å². The Labute approximate surface area is 125 Å². The molecule has 3 aromatic rings. The van der Waals surface area contributed by atoms with Gasteiger partial charge in [0.25, 0.3) is 0 Å². The summed E-state index contributed by atoms with van der Waals surface area (Å²) in [6.45, 7) is 1.43. The molecule has 0 atom stereocenters. The van der Waals surface area contributed by atoms with E-state index in [-0.39, 0.29) is 11.7 Å². The van der Waals surface area contributed by atoms with Gasteiger partial charge in [-0.25, -0.2) is 0 Å². The maximum atomic E-state index is 12.8. The van der Waals surface area contributed by atoms with Crippen molar-refractivity contribution in [1.29, 1.82) is 0 Å². The van der Waals surface area contributed by atoms with E-state index in [9.17, 15) is 9.59 Å². The molecule has 5 heteroatoms. The predicted molar refractivity (Wildman–Crippen MR) is 83.8 cm³/mol. The van der Waals surface area contributed by atoms with E-state index in [2.05, 4.69) is 10.3 Å². The van der Waals surface area contributed by atoms with E-state index >= 15 is 0 Å². The number of hydrogen-bond donors (Lipinski definition) is 1. The van der Waals surface area contributed by atoms with Crippen molar-refractivity contribution in [3.8, 4) is 0 Å². The molecule has 0 aliphatic heterocycles. The number of benzene rings is 1. The van der Waals surface area contributed by atoms with Crippen LogP contribution in [-0.2, 0) is 4.79 Å². The number of carbonyl (C=O) groups is 2. The number of amides is 1. The minimum Gasteiger partial charge on any atom is -0.317 e. The van der Waals surface area contributed by atoms with Crippen LogP contribution in [0.25, 0.3) is 10.1 Å². The molecule has 0 radical (unpaired) electrons. The topological polar surface area (TPSA) is 59.1 Å². The van der Waals surface area contributed by atoms with Crippen LogP contribution in [0.15, 0.2) is 48.8 Å². The molecule has 1 N–H and O–H groups in total. The Morgan fingerprint density at radius 2 is 1.90 bits per heavy atom. The highest BCUT2D eigenvalue weighted by Gasteiger charge is 2.20. The van der Waals surface area contributed by atoms with Gasteiger partial charge in [0.1, 0.15) is 5.00 Å². The summed E-state index contributed by atoms with van der Waals surface area (Å²) in [5.74, 6) is -0.298. The van der Waals surface area contributed by atoms with Crippen LogP contribution < -0.4 is 5.32 Å². The lowest BCUT2D eigenvalue weighted by Crippen LogP contribution is -2.09. The van der Waals surface area contributed by atoms with Crippen molar-refractivity contribution in [1.82, 2.24) is 4.98 Å². The molecule has 3 rings (SSSR count). The number of anilines is 1. The third-order valence-corrected chi connectivity index (χ3v) is 4.10. The van der Waals surface area contributed by atoms with Crippen LogP contribution in [0, 0.1) is 0 Å². The van der Waals surface area contributed by atoms with Gasteiger partial charge in [-0.3, -0.25) is 14.6 Å². The fourth-order valence-corrected chi connectivity index (χ4v) is 3.27. The van der Waals surface area contributed by atoms with E-state index in [1.807, 2.05) is 18.2 Å². The third-order valence-electron chi connectivity index (χ3n) is 3.05. The summed E-state index contributed by atoms with van der Waals surface area (Å²) in [4.78, 5) is 28.2. The molecule has 2 heterocycles. The number of nitrogens with one attached hydrogen (secondary N) is 1. The van der Waals surface area contributed by atoms with Crippen LogP contribution in [0.1, 0.15) is 22.8 Å². The molecule has 104 valence electrons. The number of pyridine rings is 1. The van der Waals surface area contributed by atoms with Gasteiger partial charge in [0.15, 0.2) is 5.78 Å². The second-order valence-electron chi connectivity index (χ2n) is 4.55. The minimum absolute atomic E-state index is 0.100. The molecule has 0 bridgehead atoms. The van der Waals surface area contributed by atoms with Gasteiger partial charge in [-0.2, -0.15) is 0 Å². The van der Waals surface area contributed by atoms with Gasteiger partial charge in [-0.1, -0.05) is 30.3 Å². The van der Waals surface area contributed by atoms with Crippen LogP contribution in [0.2, 0.25) is 0 Å². The number of aromatic nitrogens is 1. The fourth-order valence-electron chi connectivity index (χ4n) is 2.16. The fraction of sp³-hybridized carbons (Fsp3) is 0.0625. The van der Waals surface area contributed by atoms with Gasteiger partial charge in [0.2, 0.25) is 5.91 Å². The summed E-state index contributed by atoms with van der Waals surface area (Å²) in [6.07, 6.45) is 3.35. The van der Waals surface area contributed by atoms with Crippen LogP contribution >= 0.6 is 11.3 Å². The predicted octanol–water partition coefficient (Wildman–Crippen LogP) is 3.49. The second-order valence-corrected chi connectivity index (χ2v) is 5.61. The molecule has 0 unspecified atom stereocenters. The van der Waals surface area contributed by atoms with Crippen LogP contribution in [-0.4, -0.2) is 16.7 Å². The van der Waals surface area contributed by atoms with Crippen molar-refractivity contribution in [2.45, 2.75) is 6.92 Å². The molecule has 0 aliphatic carbocycles. The summed E-state index contributed by atoms with van der Waals surface area (Å²) in [6, 6.07) is 10.8. The quantitative estimate of drug-likeness (QED) is 0.753. The van der Waals surface area contributed by atoms with E-state index in [0.717, 1.165) is 10.1 Å². The van der Waals surface area contributed by atoms with Crippen LogP contribution in [0.5, 0.6) is 0 Å². The molecule has 0 saturated carbocycles. The summed E-state index contributed by atoms with van der Waals surface area (Å²) >= 11 is 1.36. The molecule has 0 spiro atoms. The molecule has 0 fully saturated rings. The summed E-state index contributed by atoms with van der Waals surface area (Å²) in [7, 11) is 0. The number of hydrogen-bond acceptors (Lipinski definition) is 4. The van der Waals surface area contributed by atoms with Crippen LogP contribution in [0.3, 0.4) is 0 Å². The molecular weight excluding hydrogens is 284 g/mol. The Bertz CT molecular complexity index is 825. The van der Waals surface area contributed by atoms with Gasteiger partial charge in [-0.15, -0.1) is 11.3 Å². The van der Waals surface area contributed by atoms with E-state index < -0.39 is 0 Å². The molecule has 2 aromatic heterocycles. The number of ketones is 1. The largest absolute Gasteiger partial charge is 0.317 e. The summed E-state index contributed by atoms with van der Waals surface area (Å²) in [5.41, 5.74) is 1.12. The number of thiophene rings is 1. The lowest BCUT2D eigenvalue weighted by atomic mass is 10.0. The molecule has 0 aliphatic rings. The lowest BCUT2D eigenvalue weighted by molar-refractivity contribution is -0.114. The van der Waals surface area contributed by atoms with Gasteiger partial charge in [0.05, 0.1) is 10.3 Å². The van der Waals surface area contributed by atoms with Crippen molar-refractivity contribution in [3.63, 3.8) is 0 Å². The van der Waals surface area contributed by atoms with Crippen molar-refractivity contribution < 1.29 is 9.59 Å². The zero-order chi connectivity index (χ0) is 14.8. The minimum atomic E-state index is -0.198. The monoisotopic (exact) mass is 296 g/mol. The molecule has 21 heavy (non-hydrogen) atoms. The maximum absolute atomic E-state index is 12.8. The first-order valence-electron chi connectivity index (χ1n) is 6.40. The van der Waals surface area contributed by atoms with Gasteiger partial charge >= 0.3 is 0 Å². The number of carbonyl (C=O) groups excluding carboxylic acids is 2. The van der Waals surface area contributed by atoms with Crippen molar-refractivity contribution in [3.05, 3.63) is 59.9 Å². The average Bonchev–Trinajstić information content (AvgIpc) is 2.84. The SMILES string of the molecule is CC(=O)Nc1sc2cnccc2c1C(=O)c1ccccc1. The first kappa shape index (κ1) is 13.5. The molecule has 1 aromatic carbocycles. The van der Waals surface area contributed by atoms with E-state index in [1.165, 1.54) is 18.3 Å². The maximum Gasteiger partial charge on any atom is 0.221 e. The van der Waals surface area contributed by atoms with E-state index in [4.69, 9.17) is 0 Å². The second kappa shape index (κ2) is 5.46. The Balaban J connectivity index is 2.19. The normalized spacial score (nSPS) is 10.5. The van der Waals surface area contributed by atoms with Gasteiger partial charge in [0, 0.05) is 30.3 Å². The third kappa shape index (κ3) is 2.55. The molecule has 0 saturated heterocycles. The Morgan fingerprint density at radius 3 is 2.62 bits per heavy atom. The zero-order valence-corrected chi connectivity index (χ0v) is 12.1. The van der Waals surface area contributed by atoms with Crippen molar-refractivity contribution in [2.24, 2.45) is 0 Å². The number of nitrogens with zero attached hydrogens (tertiary/aromatic N) is 1. The number of rotatable bonds is 3. The van der Waals surface area contributed by atoms with Crippen molar-refractivity contribution >= 4 is 38.1 Å². The van der Waals surface area contributed by atoms with E-state index in [0.29, 0.717) is 16.1 Å². The first-order valence-corrected chi connectivity index (χ1v) is 7.22. The zero-order valence-electron chi connectivity index (χ0n) is 11.3. The molecular formula is C16H12N2O2S. The highest BCUT2D eigenvalue weighted by Crippen LogP contribution is 2.36. The highest BCUT2D eigenvalue weighted by molar-refractivity contribution is 7.23. The molecule has 4 nitrogen and oxygen atoms in total. The number of fused-ring (bicyclic) bond motifs is 1. The smallest absolute Gasteiger partial charge is 0.221 e. The highest BCUT2D eigenvalue weighted by atomic mass is 32.1. The van der Waals surface area contributed by atoms with Gasteiger partial charge < -0.3 is 5.32 Å². The average molecular weight is 296 g/mol. The first-order chi connectivity index (χ1) is 10.2. The van der Waals surface area contributed by atoms with Crippen molar-refractivity contribution in [2.75, 3.05) is 5.32 Å². The Kier molecular flexibility index (Phi) is 3.50.